The highest BCUT2D eigenvalue weighted by Gasteiger charge is 2.18. The second-order valence-electron chi connectivity index (χ2n) is 8.61. The molecule has 4 nitrogen and oxygen atoms in total. The van der Waals surface area contributed by atoms with Gasteiger partial charge in [-0.3, -0.25) is 0 Å². The van der Waals surface area contributed by atoms with E-state index in [0.717, 1.165) is 11.1 Å². The van der Waals surface area contributed by atoms with Crippen LogP contribution in [0, 0.1) is 0 Å². The fourth-order valence-corrected chi connectivity index (χ4v) is 2.25. The molecule has 0 aliphatic heterocycles. The molecule has 0 heterocycles. The van der Waals surface area contributed by atoms with Gasteiger partial charge < -0.3 is 20.4 Å². The van der Waals surface area contributed by atoms with Crippen molar-refractivity contribution in [3.63, 3.8) is 0 Å². The molecular formula is C23H36O4. The minimum Gasteiger partial charge on any atom is -0.508 e. The molecule has 4 N–H and O–H groups in total. The highest BCUT2D eigenvalue weighted by molar-refractivity contribution is 5.43. The fraction of sp³-hybridized carbons (Fsp3) is 0.478. The smallest absolute Gasteiger partial charge is 0.119 e. The molecule has 0 aromatic heterocycles. The lowest BCUT2D eigenvalue weighted by Gasteiger charge is -2.20. The molecule has 0 saturated heterocycles. The minimum atomic E-state index is -0.136. The van der Waals surface area contributed by atoms with Crippen LogP contribution < -0.4 is 0 Å². The summed E-state index contributed by atoms with van der Waals surface area (Å²) in [6.07, 6.45) is 1.25. The number of hydrogen-bond donors (Lipinski definition) is 4. The van der Waals surface area contributed by atoms with E-state index in [-0.39, 0.29) is 33.8 Å². The standard InChI is InChI=1S/2C10H14O2.C3H8/c2*1-10(2,3)8-6-7(11)4-5-9(8)12;1-3-2/h2*4-6,11-12H,1-3H3;3H2,1-2H3. The summed E-state index contributed by atoms with van der Waals surface area (Å²) in [6.45, 7) is 16.2. The van der Waals surface area contributed by atoms with E-state index in [1.807, 2.05) is 41.5 Å². The predicted octanol–water partition coefficient (Wildman–Crippen LogP) is 6.21. The van der Waals surface area contributed by atoms with Crippen LogP contribution >= 0.6 is 0 Å². The van der Waals surface area contributed by atoms with Crippen LogP contribution in [0.4, 0.5) is 0 Å². The Morgan fingerprint density at radius 2 is 0.852 bits per heavy atom. The van der Waals surface area contributed by atoms with Gasteiger partial charge in [-0.2, -0.15) is 0 Å². The lowest BCUT2D eigenvalue weighted by Crippen LogP contribution is -2.10. The summed E-state index contributed by atoms with van der Waals surface area (Å²) < 4.78 is 0. The largest absolute Gasteiger partial charge is 0.508 e. The molecule has 0 bridgehead atoms. The van der Waals surface area contributed by atoms with E-state index in [9.17, 15) is 20.4 Å². The summed E-state index contributed by atoms with van der Waals surface area (Å²) >= 11 is 0. The minimum absolute atomic E-state index is 0.136. The van der Waals surface area contributed by atoms with Crippen LogP contribution in [0.5, 0.6) is 23.0 Å². The first-order chi connectivity index (χ1) is 12.2. The van der Waals surface area contributed by atoms with Crippen LogP contribution in [-0.2, 0) is 10.8 Å². The Morgan fingerprint density at radius 1 is 0.593 bits per heavy atom. The molecule has 2 rings (SSSR count). The van der Waals surface area contributed by atoms with E-state index in [2.05, 4.69) is 13.8 Å². The van der Waals surface area contributed by atoms with Gasteiger partial charge in [0.05, 0.1) is 0 Å². The Bertz CT molecular complexity index is 646. The van der Waals surface area contributed by atoms with Gasteiger partial charge in [0.25, 0.3) is 0 Å². The molecule has 2 aromatic rings. The maximum Gasteiger partial charge on any atom is 0.119 e. The van der Waals surface area contributed by atoms with Crippen molar-refractivity contribution in [1.29, 1.82) is 0 Å². The van der Waals surface area contributed by atoms with Crippen LogP contribution in [0.15, 0.2) is 36.4 Å². The van der Waals surface area contributed by atoms with Gasteiger partial charge in [0, 0.05) is 11.1 Å². The summed E-state index contributed by atoms with van der Waals surface area (Å²) in [5.74, 6) is 0.857. The third kappa shape index (κ3) is 8.72. The average Bonchev–Trinajstić information content (AvgIpc) is 2.51. The summed E-state index contributed by atoms with van der Waals surface area (Å²) in [5.41, 5.74) is 1.26. The molecule has 0 aliphatic rings. The molecule has 0 unspecified atom stereocenters. The first-order valence-electron chi connectivity index (χ1n) is 9.28. The second kappa shape index (κ2) is 10.1. The van der Waals surface area contributed by atoms with Crippen LogP contribution in [0.25, 0.3) is 0 Å². The maximum absolute atomic E-state index is 9.46. The number of rotatable bonds is 0. The summed E-state index contributed by atoms with van der Waals surface area (Å²) in [7, 11) is 0. The van der Waals surface area contributed by atoms with Gasteiger partial charge in [-0.25, -0.2) is 0 Å². The van der Waals surface area contributed by atoms with E-state index in [1.165, 1.54) is 30.7 Å². The molecule has 0 saturated carbocycles. The third-order valence-electron chi connectivity index (χ3n) is 3.58. The Morgan fingerprint density at radius 3 is 1.04 bits per heavy atom. The quantitative estimate of drug-likeness (QED) is 0.412. The lowest BCUT2D eigenvalue weighted by atomic mass is 9.86. The maximum atomic E-state index is 9.46. The first-order valence-corrected chi connectivity index (χ1v) is 9.28. The van der Waals surface area contributed by atoms with Crippen molar-refractivity contribution in [3.8, 4) is 23.0 Å². The van der Waals surface area contributed by atoms with Crippen molar-refractivity contribution in [2.45, 2.75) is 72.6 Å². The molecule has 0 spiro atoms. The monoisotopic (exact) mass is 376 g/mol. The zero-order valence-corrected chi connectivity index (χ0v) is 18.0. The van der Waals surface area contributed by atoms with Crippen molar-refractivity contribution in [2.24, 2.45) is 0 Å². The summed E-state index contributed by atoms with van der Waals surface area (Å²) in [4.78, 5) is 0. The van der Waals surface area contributed by atoms with Crippen LogP contribution in [0.2, 0.25) is 0 Å². The molecular weight excluding hydrogens is 340 g/mol. The van der Waals surface area contributed by atoms with Crippen LogP contribution in [0.3, 0.4) is 0 Å². The summed E-state index contributed by atoms with van der Waals surface area (Å²) in [5, 5.41) is 37.3. The van der Waals surface area contributed by atoms with Crippen molar-refractivity contribution in [2.75, 3.05) is 0 Å². The Labute approximate surface area is 164 Å². The number of phenols is 4. The second-order valence-corrected chi connectivity index (χ2v) is 8.61. The molecule has 4 heteroatoms. The molecule has 0 atom stereocenters. The molecule has 0 radical (unpaired) electrons. The number of hydrogen-bond acceptors (Lipinski definition) is 4. The van der Waals surface area contributed by atoms with E-state index >= 15 is 0 Å². The first kappa shape index (κ1) is 24.6. The number of aromatic hydroxyl groups is 4. The molecule has 0 amide bonds. The van der Waals surface area contributed by atoms with Gasteiger partial charge in [-0.05, 0) is 47.2 Å². The van der Waals surface area contributed by atoms with Gasteiger partial charge in [0.2, 0.25) is 0 Å². The van der Waals surface area contributed by atoms with Crippen molar-refractivity contribution >= 4 is 0 Å². The lowest BCUT2D eigenvalue weighted by molar-refractivity contribution is 0.435. The van der Waals surface area contributed by atoms with Crippen molar-refractivity contribution in [1.82, 2.24) is 0 Å². The number of benzene rings is 2. The Kier molecular flexibility index (Phi) is 9.22. The fourth-order valence-electron chi connectivity index (χ4n) is 2.25. The van der Waals surface area contributed by atoms with E-state index in [4.69, 9.17) is 0 Å². The average molecular weight is 377 g/mol. The molecule has 152 valence electrons. The molecule has 27 heavy (non-hydrogen) atoms. The summed E-state index contributed by atoms with van der Waals surface area (Å²) in [6, 6.07) is 9.16. The number of phenolic OH excluding ortho intramolecular Hbond substituents is 4. The molecule has 2 aromatic carbocycles. The predicted molar refractivity (Wildman–Crippen MR) is 113 cm³/mol. The SMILES string of the molecule is CC(C)(C)c1cc(O)ccc1O.CC(C)(C)c1cc(O)ccc1O.CCC. The van der Waals surface area contributed by atoms with Gasteiger partial charge in [0.1, 0.15) is 23.0 Å². The topological polar surface area (TPSA) is 80.9 Å². The normalized spacial score (nSPS) is 11.0. The van der Waals surface area contributed by atoms with Crippen LogP contribution in [-0.4, -0.2) is 20.4 Å². The van der Waals surface area contributed by atoms with E-state index in [1.54, 1.807) is 12.1 Å². The Balaban J connectivity index is 0.000000438. The van der Waals surface area contributed by atoms with Gasteiger partial charge in [-0.1, -0.05) is 61.8 Å². The van der Waals surface area contributed by atoms with E-state index < -0.39 is 0 Å². The zero-order valence-electron chi connectivity index (χ0n) is 18.0. The zero-order chi connectivity index (χ0) is 21.4. The molecule has 0 aliphatic carbocycles. The highest BCUT2D eigenvalue weighted by atomic mass is 16.3. The van der Waals surface area contributed by atoms with Crippen molar-refractivity contribution in [3.05, 3.63) is 47.5 Å². The Hall–Kier alpha value is -2.36. The van der Waals surface area contributed by atoms with E-state index in [0.29, 0.717) is 0 Å². The van der Waals surface area contributed by atoms with Gasteiger partial charge in [-0.15, -0.1) is 0 Å². The molecule has 0 fully saturated rings. The van der Waals surface area contributed by atoms with Gasteiger partial charge >= 0.3 is 0 Å². The van der Waals surface area contributed by atoms with Gasteiger partial charge in [0.15, 0.2) is 0 Å². The van der Waals surface area contributed by atoms with Crippen molar-refractivity contribution < 1.29 is 20.4 Å². The third-order valence-corrected chi connectivity index (χ3v) is 3.58. The van der Waals surface area contributed by atoms with Crippen LogP contribution in [0.1, 0.15) is 72.9 Å². The highest BCUT2D eigenvalue weighted by Crippen LogP contribution is 2.33.